The average Bonchev–Trinajstić information content (AvgIpc) is 2.76. The molecule has 170 valence electrons. The third-order valence-electron chi connectivity index (χ3n) is 5.60. The summed E-state index contributed by atoms with van der Waals surface area (Å²) in [6.07, 6.45) is 1.94. The summed E-state index contributed by atoms with van der Waals surface area (Å²) in [5.74, 6) is 1.31. The van der Waals surface area contributed by atoms with Crippen LogP contribution in [-0.2, 0) is 4.79 Å². The number of H-pyrrole nitrogens is 1. The summed E-state index contributed by atoms with van der Waals surface area (Å²) < 4.78 is 16.5. The number of thioether (sulfide) groups is 1. The van der Waals surface area contributed by atoms with Crippen molar-refractivity contribution in [3.05, 3.63) is 44.9 Å². The van der Waals surface area contributed by atoms with Crippen molar-refractivity contribution in [1.29, 1.82) is 0 Å². The van der Waals surface area contributed by atoms with Crippen LogP contribution in [0.4, 0.5) is 5.82 Å². The van der Waals surface area contributed by atoms with E-state index < -0.39 is 5.92 Å². The minimum absolute atomic E-state index is 0.0307. The van der Waals surface area contributed by atoms with E-state index in [0.29, 0.717) is 51.3 Å². The first-order chi connectivity index (χ1) is 15.4. The Hall–Kier alpha value is -2.94. The van der Waals surface area contributed by atoms with Crippen LogP contribution in [0.2, 0.25) is 0 Å². The fourth-order valence-corrected chi connectivity index (χ4v) is 5.06. The molecule has 2 aromatic rings. The molecule has 0 fully saturated rings. The molecule has 0 amide bonds. The SMILES string of the molecule is COc1cc(C2C3=C(CCCC3=O)Nc3nc(SC(C)C)[nH]c(=O)c32)cc(OC)c1OC. The number of hydrogen-bond acceptors (Lipinski definition) is 8. The molecule has 0 spiro atoms. The second kappa shape index (κ2) is 8.90. The second-order valence-electron chi connectivity index (χ2n) is 7.99. The van der Waals surface area contributed by atoms with Crippen LogP contribution < -0.4 is 25.1 Å². The fraction of sp³-hybridized carbons (Fsp3) is 0.435. The number of aromatic amines is 1. The molecular weight excluding hydrogens is 430 g/mol. The monoisotopic (exact) mass is 457 g/mol. The highest BCUT2D eigenvalue weighted by Gasteiger charge is 2.38. The average molecular weight is 458 g/mol. The summed E-state index contributed by atoms with van der Waals surface area (Å²) in [6, 6.07) is 3.59. The molecule has 0 saturated heterocycles. The molecule has 0 radical (unpaired) electrons. The van der Waals surface area contributed by atoms with Gasteiger partial charge in [0.25, 0.3) is 5.56 Å². The lowest BCUT2D eigenvalue weighted by Crippen LogP contribution is -2.32. The number of aromatic nitrogens is 2. The number of carbonyl (C=O) groups is 1. The predicted molar refractivity (Wildman–Crippen MR) is 123 cm³/mol. The molecule has 1 unspecified atom stereocenters. The third kappa shape index (κ3) is 3.85. The lowest BCUT2D eigenvalue weighted by Gasteiger charge is -2.33. The maximum absolute atomic E-state index is 13.3. The van der Waals surface area contributed by atoms with Gasteiger partial charge in [0.15, 0.2) is 22.4 Å². The lowest BCUT2D eigenvalue weighted by atomic mass is 9.76. The third-order valence-corrected chi connectivity index (χ3v) is 6.49. The number of nitrogens with zero attached hydrogens (tertiary/aromatic N) is 1. The summed E-state index contributed by atoms with van der Waals surface area (Å²) in [6.45, 7) is 4.08. The molecule has 1 aliphatic carbocycles. The lowest BCUT2D eigenvalue weighted by molar-refractivity contribution is -0.116. The molecular formula is C23H27N3O5S. The van der Waals surface area contributed by atoms with Crippen molar-refractivity contribution in [2.45, 2.75) is 49.4 Å². The van der Waals surface area contributed by atoms with Crippen LogP contribution in [0.5, 0.6) is 17.2 Å². The Labute approximate surface area is 190 Å². The summed E-state index contributed by atoms with van der Waals surface area (Å²) in [7, 11) is 4.61. The van der Waals surface area contributed by atoms with Gasteiger partial charge >= 0.3 is 0 Å². The zero-order chi connectivity index (χ0) is 23.0. The number of rotatable bonds is 6. The fourth-order valence-electron chi connectivity index (χ4n) is 4.32. The van der Waals surface area contributed by atoms with Crippen LogP contribution in [0, 0.1) is 0 Å². The van der Waals surface area contributed by atoms with E-state index in [4.69, 9.17) is 14.2 Å². The van der Waals surface area contributed by atoms with Gasteiger partial charge in [-0.1, -0.05) is 25.6 Å². The molecule has 8 nitrogen and oxygen atoms in total. The normalized spacial score (nSPS) is 17.6. The van der Waals surface area contributed by atoms with Gasteiger partial charge in [-0.05, 0) is 30.5 Å². The van der Waals surface area contributed by atoms with Crippen molar-refractivity contribution in [3.63, 3.8) is 0 Å². The smallest absolute Gasteiger partial charge is 0.257 e. The number of allylic oxidation sites excluding steroid dienone is 2. The van der Waals surface area contributed by atoms with Gasteiger partial charge in [0.1, 0.15) is 5.82 Å². The Bertz CT molecular complexity index is 1130. The molecule has 2 N–H and O–H groups in total. The van der Waals surface area contributed by atoms with Crippen molar-refractivity contribution in [2.75, 3.05) is 26.6 Å². The van der Waals surface area contributed by atoms with Crippen LogP contribution in [0.1, 0.15) is 50.2 Å². The Morgan fingerprint density at radius 2 is 1.75 bits per heavy atom. The summed E-state index contributed by atoms with van der Waals surface area (Å²) >= 11 is 1.48. The number of Topliss-reactive ketones (excluding diaryl/α,β-unsaturated/α-hetero) is 1. The highest BCUT2D eigenvalue weighted by molar-refractivity contribution is 7.99. The number of ketones is 1. The van der Waals surface area contributed by atoms with Crippen LogP contribution in [0.25, 0.3) is 0 Å². The number of methoxy groups -OCH3 is 3. The van der Waals surface area contributed by atoms with E-state index in [1.54, 1.807) is 12.1 Å². The van der Waals surface area contributed by atoms with Crippen molar-refractivity contribution in [3.8, 4) is 17.2 Å². The second-order valence-corrected chi connectivity index (χ2v) is 9.55. The predicted octanol–water partition coefficient (Wildman–Crippen LogP) is 3.86. The van der Waals surface area contributed by atoms with E-state index in [9.17, 15) is 9.59 Å². The van der Waals surface area contributed by atoms with E-state index in [2.05, 4.69) is 15.3 Å². The zero-order valence-electron chi connectivity index (χ0n) is 18.8. The summed E-state index contributed by atoms with van der Waals surface area (Å²) in [5, 5.41) is 4.10. The van der Waals surface area contributed by atoms with Gasteiger partial charge in [-0.15, -0.1) is 0 Å². The summed E-state index contributed by atoms with van der Waals surface area (Å²) in [5.41, 5.74) is 2.29. The van der Waals surface area contributed by atoms with Gasteiger partial charge in [-0.3, -0.25) is 9.59 Å². The molecule has 32 heavy (non-hydrogen) atoms. The van der Waals surface area contributed by atoms with Crippen LogP contribution in [0.3, 0.4) is 0 Å². The molecule has 9 heteroatoms. The molecule has 0 bridgehead atoms. The van der Waals surface area contributed by atoms with Crippen molar-refractivity contribution >= 4 is 23.4 Å². The molecule has 1 atom stereocenters. The van der Waals surface area contributed by atoms with E-state index in [1.807, 2.05) is 13.8 Å². The van der Waals surface area contributed by atoms with Crippen molar-refractivity contribution in [1.82, 2.24) is 9.97 Å². The maximum atomic E-state index is 13.3. The van der Waals surface area contributed by atoms with Crippen molar-refractivity contribution < 1.29 is 19.0 Å². The number of benzene rings is 1. The Kier molecular flexibility index (Phi) is 6.19. The minimum Gasteiger partial charge on any atom is -0.493 e. The zero-order valence-corrected chi connectivity index (χ0v) is 19.6. The highest BCUT2D eigenvalue weighted by atomic mass is 32.2. The van der Waals surface area contributed by atoms with Crippen LogP contribution in [-0.4, -0.2) is 42.3 Å². The number of carbonyl (C=O) groups excluding carboxylic acids is 1. The summed E-state index contributed by atoms with van der Waals surface area (Å²) in [4.78, 5) is 33.9. The molecule has 2 heterocycles. The first-order valence-corrected chi connectivity index (χ1v) is 11.4. The molecule has 2 aliphatic rings. The Morgan fingerprint density at radius 1 is 1.06 bits per heavy atom. The van der Waals surface area contributed by atoms with Gasteiger partial charge in [-0.2, -0.15) is 0 Å². The molecule has 1 aliphatic heterocycles. The number of fused-ring (bicyclic) bond motifs is 1. The first-order valence-electron chi connectivity index (χ1n) is 10.5. The molecule has 1 aromatic carbocycles. The topological polar surface area (TPSA) is 103 Å². The molecule has 0 saturated carbocycles. The first kappa shape index (κ1) is 22.3. The maximum Gasteiger partial charge on any atom is 0.257 e. The number of ether oxygens (including phenoxy) is 3. The molecule has 4 rings (SSSR count). The van der Waals surface area contributed by atoms with E-state index in [0.717, 1.165) is 18.5 Å². The van der Waals surface area contributed by atoms with Crippen LogP contribution in [0.15, 0.2) is 33.4 Å². The quantitative estimate of drug-likeness (QED) is 0.498. The van der Waals surface area contributed by atoms with Gasteiger partial charge < -0.3 is 24.5 Å². The minimum atomic E-state index is -0.586. The molecule has 1 aromatic heterocycles. The van der Waals surface area contributed by atoms with Gasteiger partial charge in [0.05, 0.1) is 26.9 Å². The van der Waals surface area contributed by atoms with E-state index >= 15 is 0 Å². The number of hydrogen-bond donors (Lipinski definition) is 2. The largest absolute Gasteiger partial charge is 0.493 e. The number of anilines is 1. The van der Waals surface area contributed by atoms with Gasteiger partial charge in [0, 0.05) is 28.9 Å². The van der Waals surface area contributed by atoms with Crippen LogP contribution >= 0.6 is 11.8 Å². The Morgan fingerprint density at radius 3 is 2.34 bits per heavy atom. The van der Waals surface area contributed by atoms with E-state index in [1.165, 1.54) is 33.1 Å². The highest BCUT2D eigenvalue weighted by Crippen LogP contribution is 2.47. The van der Waals surface area contributed by atoms with E-state index in [-0.39, 0.29) is 16.6 Å². The number of nitrogens with one attached hydrogen (secondary N) is 2. The van der Waals surface area contributed by atoms with Gasteiger partial charge in [0.2, 0.25) is 5.75 Å². The standard InChI is InChI=1S/C23H27N3O5S/c1-11(2)32-23-25-21-19(22(28)26-23)17(18-13(24-21)7-6-8-14(18)27)12-9-15(29-3)20(31-5)16(10-12)30-4/h9-11,17H,6-8H2,1-5H3,(H2,24,25,26,28). The van der Waals surface area contributed by atoms with Crippen molar-refractivity contribution in [2.24, 2.45) is 0 Å². The van der Waals surface area contributed by atoms with Gasteiger partial charge in [-0.25, -0.2) is 4.98 Å². The Balaban J connectivity index is 1.97.